The van der Waals surface area contributed by atoms with Gasteiger partial charge < -0.3 is 5.32 Å². The lowest BCUT2D eigenvalue weighted by molar-refractivity contribution is 0.151. The summed E-state index contributed by atoms with van der Waals surface area (Å²) in [7, 11) is 0. The van der Waals surface area contributed by atoms with E-state index in [0.717, 1.165) is 13.1 Å². The third kappa shape index (κ3) is 2.63. The average Bonchev–Trinajstić information content (AvgIpc) is 2.39. The van der Waals surface area contributed by atoms with Gasteiger partial charge in [-0.3, -0.25) is 4.90 Å². The van der Waals surface area contributed by atoms with Gasteiger partial charge in [-0.15, -0.1) is 0 Å². The van der Waals surface area contributed by atoms with E-state index in [0.29, 0.717) is 12.1 Å². The molecule has 1 fully saturated rings. The predicted molar refractivity (Wildman–Crippen MR) is 68.5 cm³/mol. The van der Waals surface area contributed by atoms with Crippen molar-refractivity contribution in [2.75, 3.05) is 19.6 Å². The number of nitrogens with zero attached hydrogens (tertiary/aromatic N) is 1. The van der Waals surface area contributed by atoms with Gasteiger partial charge in [0.05, 0.1) is 0 Å². The summed E-state index contributed by atoms with van der Waals surface area (Å²) in [6, 6.07) is 12.0. The molecule has 0 spiro atoms. The van der Waals surface area contributed by atoms with Crippen molar-refractivity contribution >= 4 is 0 Å². The molecule has 1 aromatic carbocycles. The second-order valence-corrected chi connectivity index (χ2v) is 4.64. The first-order chi connectivity index (χ1) is 7.81. The Balaban J connectivity index is 2.01. The summed E-state index contributed by atoms with van der Waals surface area (Å²) in [5, 5.41) is 3.56. The number of hydrogen-bond acceptors (Lipinski definition) is 2. The Hall–Kier alpha value is -0.860. The number of hydrogen-bond donors (Lipinski definition) is 1. The second kappa shape index (κ2) is 5.46. The minimum atomic E-state index is 0.539. The lowest BCUT2D eigenvalue weighted by atomic mass is 10.0. The SMILES string of the molecule is CCC1CN(C(C)c2ccccc2)CCN1. The van der Waals surface area contributed by atoms with Gasteiger partial charge in [-0.05, 0) is 18.9 Å². The summed E-state index contributed by atoms with van der Waals surface area (Å²) >= 11 is 0. The Bertz CT molecular complexity index is 310. The molecule has 88 valence electrons. The van der Waals surface area contributed by atoms with E-state index in [1.165, 1.54) is 18.5 Å². The van der Waals surface area contributed by atoms with Crippen LogP contribution in [-0.4, -0.2) is 30.6 Å². The van der Waals surface area contributed by atoms with Crippen LogP contribution in [0.3, 0.4) is 0 Å². The quantitative estimate of drug-likeness (QED) is 0.838. The molecule has 2 atom stereocenters. The normalized spacial score (nSPS) is 24.2. The third-order valence-electron chi connectivity index (χ3n) is 3.61. The lowest BCUT2D eigenvalue weighted by Crippen LogP contribution is -2.50. The monoisotopic (exact) mass is 218 g/mol. The maximum absolute atomic E-state index is 3.56. The Labute approximate surface area is 98.7 Å². The van der Waals surface area contributed by atoms with Crippen LogP contribution in [0.25, 0.3) is 0 Å². The number of nitrogens with one attached hydrogen (secondary N) is 1. The highest BCUT2D eigenvalue weighted by Crippen LogP contribution is 2.21. The van der Waals surface area contributed by atoms with Crippen LogP contribution in [0.15, 0.2) is 30.3 Å². The van der Waals surface area contributed by atoms with Gasteiger partial charge >= 0.3 is 0 Å². The highest BCUT2D eigenvalue weighted by molar-refractivity contribution is 5.18. The Morgan fingerprint density at radius 2 is 2.12 bits per heavy atom. The molecule has 0 amide bonds. The molecule has 2 nitrogen and oxygen atoms in total. The smallest absolute Gasteiger partial charge is 0.0321 e. The molecule has 0 aliphatic carbocycles. The highest BCUT2D eigenvalue weighted by Gasteiger charge is 2.22. The number of piperazine rings is 1. The first-order valence-electron chi connectivity index (χ1n) is 6.33. The van der Waals surface area contributed by atoms with E-state index in [1.807, 2.05) is 0 Å². The molecule has 1 heterocycles. The van der Waals surface area contributed by atoms with E-state index < -0.39 is 0 Å². The van der Waals surface area contributed by atoms with Crippen molar-refractivity contribution in [1.82, 2.24) is 10.2 Å². The topological polar surface area (TPSA) is 15.3 Å². The molecule has 1 aliphatic rings. The van der Waals surface area contributed by atoms with Crippen LogP contribution in [0.5, 0.6) is 0 Å². The molecule has 1 saturated heterocycles. The predicted octanol–water partition coefficient (Wildman–Crippen LogP) is 2.43. The minimum Gasteiger partial charge on any atom is -0.311 e. The van der Waals surface area contributed by atoms with Crippen LogP contribution < -0.4 is 5.32 Å². The van der Waals surface area contributed by atoms with E-state index in [1.54, 1.807) is 0 Å². The van der Waals surface area contributed by atoms with Crippen LogP contribution in [0.1, 0.15) is 31.9 Å². The molecule has 16 heavy (non-hydrogen) atoms. The second-order valence-electron chi connectivity index (χ2n) is 4.64. The van der Waals surface area contributed by atoms with E-state index in [-0.39, 0.29) is 0 Å². The van der Waals surface area contributed by atoms with Gasteiger partial charge in [0.15, 0.2) is 0 Å². The van der Waals surface area contributed by atoms with Crippen LogP contribution in [0, 0.1) is 0 Å². The zero-order valence-corrected chi connectivity index (χ0v) is 10.3. The van der Waals surface area contributed by atoms with Crippen molar-refractivity contribution in [2.45, 2.75) is 32.4 Å². The molecule has 0 aromatic heterocycles. The van der Waals surface area contributed by atoms with Crippen LogP contribution in [-0.2, 0) is 0 Å². The molecular formula is C14H22N2. The zero-order chi connectivity index (χ0) is 11.4. The zero-order valence-electron chi connectivity index (χ0n) is 10.3. The summed E-state index contributed by atoms with van der Waals surface area (Å²) in [6.07, 6.45) is 1.22. The van der Waals surface area contributed by atoms with Gasteiger partial charge in [-0.2, -0.15) is 0 Å². The maximum atomic E-state index is 3.56. The molecule has 1 aliphatic heterocycles. The molecular weight excluding hydrogens is 196 g/mol. The minimum absolute atomic E-state index is 0.539. The fraction of sp³-hybridized carbons (Fsp3) is 0.571. The van der Waals surface area contributed by atoms with E-state index in [9.17, 15) is 0 Å². The Kier molecular flexibility index (Phi) is 3.97. The average molecular weight is 218 g/mol. The fourth-order valence-electron chi connectivity index (χ4n) is 2.42. The van der Waals surface area contributed by atoms with Crippen LogP contribution in [0.4, 0.5) is 0 Å². The molecule has 1 aromatic rings. The van der Waals surface area contributed by atoms with Crippen molar-refractivity contribution < 1.29 is 0 Å². The first kappa shape index (κ1) is 11.6. The summed E-state index contributed by atoms with van der Waals surface area (Å²) < 4.78 is 0. The molecule has 2 heteroatoms. The van der Waals surface area contributed by atoms with Gasteiger partial charge in [-0.25, -0.2) is 0 Å². The van der Waals surface area contributed by atoms with Gasteiger partial charge in [0.2, 0.25) is 0 Å². The Morgan fingerprint density at radius 1 is 1.38 bits per heavy atom. The van der Waals surface area contributed by atoms with E-state index in [2.05, 4.69) is 54.4 Å². The summed E-state index contributed by atoms with van der Waals surface area (Å²) in [4.78, 5) is 2.58. The molecule has 2 rings (SSSR count). The fourth-order valence-corrected chi connectivity index (χ4v) is 2.42. The maximum Gasteiger partial charge on any atom is 0.0321 e. The first-order valence-corrected chi connectivity index (χ1v) is 6.33. The van der Waals surface area contributed by atoms with Crippen molar-refractivity contribution in [3.63, 3.8) is 0 Å². The van der Waals surface area contributed by atoms with E-state index >= 15 is 0 Å². The van der Waals surface area contributed by atoms with Crippen LogP contribution >= 0.6 is 0 Å². The largest absolute Gasteiger partial charge is 0.311 e. The molecule has 0 radical (unpaired) electrons. The van der Waals surface area contributed by atoms with Gasteiger partial charge in [0.1, 0.15) is 0 Å². The highest BCUT2D eigenvalue weighted by atomic mass is 15.2. The number of rotatable bonds is 3. The standard InChI is InChI=1S/C14H22N2/c1-3-14-11-16(10-9-15-14)12(2)13-7-5-4-6-8-13/h4-8,12,14-15H,3,9-11H2,1-2H3. The van der Waals surface area contributed by atoms with Gasteiger partial charge in [-0.1, -0.05) is 37.3 Å². The number of benzene rings is 1. The third-order valence-corrected chi connectivity index (χ3v) is 3.61. The summed E-state index contributed by atoms with van der Waals surface area (Å²) in [6.45, 7) is 8.02. The van der Waals surface area contributed by atoms with Crippen LogP contribution in [0.2, 0.25) is 0 Å². The van der Waals surface area contributed by atoms with Crippen molar-refractivity contribution in [1.29, 1.82) is 0 Å². The Morgan fingerprint density at radius 3 is 2.81 bits per heavy atom. The molecule has 1 N–H and O–H groups in total. The van der Waals surface area contributed by atoms with Gasteiger partial charge in [0, 0.05) is 31.7 Å². The van der Waals surface area contributed by atoms with Crippen molar-refractivity contribution in [3.8, 4) is 0 Å². The lowest BCUT2D eigenvalue weighted by Gasteiger charge is -2.37. The van der Waals surface area contributed by atoms with Crippen molar-refractivity contribution in [3.05, 3.63) is 35.9 Å². The molecule has 0 saturated carbocycles. The molecule has 2 unspecified atom stereocenters. The van der Waals surface area contributed by atoms with E-state index in [4.69, 9.17) is 0 Å². The summed E-state index contributed by atoms with van der Waals surface area (Å²) in [5.74, 6) is 0. The van der Waals surface area contributed by atoms with Gasteiger partial charge in [0.25, 0.3) is 0 Å². The summed E-state index contributed by atoms with van der Waals surface area (Å²) in [5.41, 5.74) is 1.43. The molecule has 0 bridgehead atoms. The van der Waals surface area contributed by atoms with Crippen molar-refractivity contribution in [2.24, 2.45) is 0 Å².